The molecular formula is C8H17O3P. The molecule has 0 spiro atoms. The van der Waals surface area contributed by atoms with Gasteiger partial charge in [0, 0.05) is 6.16 Å². The lowest BCUT2D eigenvalue weighted by molar-refractivity contribution is 0.288. The van der Waals surface area contributed by atoms with Crippen molar-refractivity contribution in [1.82, 2.24) is 0 Å². The van der Waals surface area contributed by atoms with E-state index in [0.29, 0.717) is 0 Å². The lowest BCUT2D eigenvalue weighted by atomic mass is 10.3. The summed E-state index contributed by atoms with van der Waals surface area (Å²) < 4.78 is 15.7. The Morgan fingerprint density at radius 1 is 1.42 bits per heavy atom. The molecule has 0 amide bonds. The Morgan fingerprint density at radius 3 is 2.58 bits per heavy atom. The van der Waals surface area contributed by atoms with Gasteiger partial charge in [-0.05, 0) is 6.42 Å². The van der Waals surface area contributed by atoms with Crippen molar-refractivity contribution in [2.24, 2.45) is 0 Å². The first-order chi connectivity index (χ1) is 5.62. The van der Waals surface area contributed by atoms with Crippen molar-refractivity contribution in [3.05, 3.63) is 12.2 Å². The Balaban J connectivity index is 3.49. The molecule has 0 saturated heterocycles. The SMILES string of the molecule is CCCC=CCOP(=O)(O)CC. The second-order valence-electron chi connectivity index (χ2n) is 2.51. The highest BCUT2D eigenvalue weighted by molar-refractivity contribution is 7.52. The molecule has 3 nitrogen and oxygen atoms in total. The molecule has 0 aromatic heterocycles. The minimum Gasteiger partial charge on any atom is -0.324 e. The van der Waals surface area contributed by atoms with Crippen molar-refractivity contribution in [3.63, 3.8) is 0 Å². The quantitative estimate of drug-likeness (QED) is 0.519. The molecule has 0 aliphatic heterocycles. The fourth-order valence-electron chi connectivity index (χ4n) is 0.603. The first-order valence-electron chi connectivity index (χ1n) is 4.23. The monoisotopic (exact) mass is 192 g/mol. The number of rotatable bonds is 6. The molecule has 1 atom stereocenters. The smallest absolute Gasteiger partial charge is 0.324 e. The third kappa shape index (κ3) is 6.59. The van der Waals surface area contributed by atoms with E-state index in [1.54, 1.807) is 13.0 Å². The largest absolute Gasteiger partial charge is 0.328 e. The van der Waals surface area contributed by atoms with Crippen LogP contribution in [0.5, 0.6) is 0 Å². The van der Waals surface area contributed by atoms with Gasteiger partial charge in [0.1, 0.15) is 0 Å². The molecule has 0 bridgehead atoms. The molecule has 0 fully saturated rings. The average molecular weight is 192 g/mol. The molecule has 0 aromatic rings. The van der Waals surface area contributed by atoms with Crippen LogP contribution >= 0.6 is 7.60 Å². The van der Waals surface area contributed by atoms with Gasteiger partial charge in [-0.1, -0.05) is 32.4 Å². The van der Waals surface area contributed by atoms with Gasteiger partial charge in [0.25, 0.3) is 0 Å². The summed E-state index contributed by atoms with van der Waals surface area (Å²) in [6, 6.07) is 0. The van der Waals surface area contributed by atoms with Crippen LogP contribution in [0.1, 0.15) is 26.7 Å². The summed E-state index contributed by atoms with van der Waals surface area (Å²) in [4.78, 5) is 8.98. The zero-order valence-electron chi connectivity index (χ0n) is 7.69. The van der Waals surface area contributed by atoms with Crippen LogP contribution in [-0.4, -0.2) is 17.7 Å². The maximum atomic E-state index is 10.9. The van der Waals surface area contributed by atoms with Gasteiger partial charge in [-0.2, -0.15) is 0 Å². The maximum absolute atomic E-state index is 10.9. The molecular weight excluding hydrogens is 175 g/mol. The van der Waals surface area contributed by atoms with Crippen molar-refractivity contribution >= 4 is 7.60 Å². The number of allylic oxidation sites excluding steroid dienone is 1. The van der Waals surface area contributed by atoms with Crippen molar-refractivity contribution in [3.8, 4) is 0 Å². The zero-order chi connectivity index (χ0) is 9.45. The van der Waals surface area contributed by atoms with E-state index in [1.165, 1.54) is 0 Å². The molecule has 0 aliphatic carbocycles. The van der Waals surface area contributed by atoms with E-state index in [2.05, 4.69) is 6.92 Å². The van der Waals surface area contributed by atoms with E-state index in [9.17, 15) is 4.57 Å². The van der Waals surface area contributed by atoms with E-state index in [0.717, 1.165) is 12.8 Å². The van der Waals surface area contributed by atoms with Gasteiger partial charge in [-0.3, -0.25) is 4.57 Å². The summed E-state index contributed by atoms with van der Waals surface area (Å²) >= 11 is 0. The zero-order valence-corrected chi connectivity index (χ0v) is 8.59. The van der Waals surface area contributed by atoms with E-state index in [4.69, 9.17) is 9.42 Å². The average Bonchev–Trinajstić information content (AvgIpc) is 2.04. The maximum Gasteiger partial charge on any atom is 0.328 e. The molecule has 1 N–H and O–H groups in total. The minimum atomic E-state index is -3.27. The highest BCUT2D eigenvalue weighted by atomic mass is 31.2. The third-order valence-corrected chi connectivity index (χ3v) is 2.75. The third-order valence-electron chi connectivity index (χ3n) is 1.39. The van der Waals surface area contributed by atoms with Crippen LogP contribution in [0.15, 0.2) is 12.2 Å². The number of unbranched alkanes of at least 4 members (excludes halogenated alkanes) is 1. The Bertz CT molecular complexity index is 177. The van der Waals surface area contributed by atoms with Gasteiger partial charge in [-0.15, -0.1) is 0 Å². The van der Waals surface area contributed by atoms with Gasteiger partial charge < -0.3 is 9.42 Å². The van der Waals surface area contributed by atoms with Gasteiger partial charge in [0.05, 0.1) is 6.61 Å². The van der Waals surface area contributed by atoms with Crippen LogP contribution in [0.3, 0.4) is 0 Å². The first-order valence-corrected chi connectivity index (χ1v) is 6.00. The predicted molar refractivity (Wildman–Crippen MR) is 50.4 cm³/mol. The Kier molecular flexibility index (Phi) is 6.35. The molecule has 72 valence electrons. The highest BCUT2D eigenvalue weighted by Gasteiger charge is 2.13. The predicted octanol–water partition coefficient (Wildman–Crippen LogP) is 2.56. The van der Waals surface area contributed by atoms with E-state index < -0.39 is 7.60 Å². The summed E-state index contributed by atoms with van der Waals surface area (Å²) in [6.07, 6.45) is 5.98. The van der Waals surface area contributed by atoms with Crippen molar-refractivity contribution in [2.45, 2.75) is 26.7 Å². The summed E-state index contributed by atoms with van der Waals surface area (Å²) in [6.45, 7) is 3.95. The topological polar surface area (TPSA) is 46.5 Å². The molecule has 4 heteroatoms. The normalized spacial score (nSPS) is 16.6. The van der Waals surface area contributed by atoms with Gasteiger partial charge in [0.2, 0.25) is 0 Å². The molecule has 0 radical (unpaired) electrons. The van der Waals surface area contributed by atoms with Gasteiger partial charge in [0.15, 0.2) is 0 Å². The summed E-state index contributed by atoms with van der Waals surface area (Å²) in [7, 11) is -3.27. The van der Waals surface area contributed by atoms with Crippen LogP contribution < -0.4 is 0 Å². The van der Waals surface area contributed by atoms with E-state index in [-0.39, 0.29) is 12.8 Å². The summed E-state index contributed by atoms with van der Waals surface area (Å²) in [5, 5.41) is 0. The Hall–Kier alpha value is -0.110. The van der Waals surface area contributed by atoms with E-state index >= 15 is 0 Å². The Labute approximate surface area is 74.0 Å². The molecule has 0 aliphatic rings. The Morgan fingerprint density at radius 2 is 2.08 bits per heavy atom. The fraction of sp³-hybridized carbons (Fsp3) is 0.750. The first kappa shape index (κ1) is 11.9. The lowest BCUT2D eigenvalue weighted by Gasteiger charge is -2.06. The minimum absolute atomic E-state index is 0.175. The van der Waals surface area contributed by atoms with Crippen LogP contribution in [-0.2, 0) is 9.09 Å². The van der Waals surface area contributed by atoms with Crippen molar-refractivity contribution in [1.29, 1.82) is 0 Å². The summed E-state index contributed by atoms with van der Waals surface area (Å²) in [5.74, 6) is 0. The molecule has 12 heavy (non-hydrogen) atoms. The number of hydrogen-bond donors (Lipinski definition) is 1. The van der Waals surface area contributed by atoms with Crippen LogP contribution in [0, 0.1) is 0 Å². The second-order valence-corrected chi connectivity index (χ2v) is 4.68. The lowest BCUT2D eigenvalue weighted by Crippen LogP contribution is -1.91. The van der Waals surface area contributed by atoms with Gasteiger partial charge >= 0.3 is 7.60 Å². The van der Waals surface area contributed by atoms with Crippen LogP contribution in [0.25, 0.3) is 0 Å². The second kappa shape index (κ2) is 6.41. The summed E-state index contributed by atoms with van der Waals surface area (Å²) in [5.41, 5.74) is 0. The molecule has 0 heterocycles. The van der Waals surface area contributed by atoms with Crippen molar-refractivity contribution in [2.75, 3.05) is 12.8 Å². The van der Waals surface area contributed by atoms with Gasteiger partial charge in [-0.25, -0.2) is 0 Å². The molecule has 0 rings (SSSR count). The highest BCUT2D eigenvalue weighted by Crippen LogP contribution is 2.40. The molecule has 1 unspecified atom stereocenters. The van der Waals surface area contributed by atoms with Crippen LogP contribution in [0.4, 0.5) is 0 Å². The standard InChI is InChI=1S/C8H17O3P/c1-3-5-6-7-8-11-12(9,10)4-2/h6-7H,3-5,8H2,1-2H3,(H,9,10). The molecule has 0 aromatic carbocycles. The fourth-order valence-corrected chi connectivity index (χ4v) is 1.10. The molecule has 0 saturated carbocycles. The van der Waals surface area contributed by atoms with Crippen LogP contribution in [0.2, 0.25) is 0 Å². The van der Waals surface area contributed by atoms with Crippen molar-refractivity contribution < 1.29 is 14.0 Å². The van der Waals surface area contributed by atoms with E-state index in [1.807, 2.05) is 6.08 Å². The number of hydrogen-bond acceptors (Lipinski definition) is 2.